The minimum Gasteiger partial charge on any atom is -0.369 e. The second kappa shape index (κ2) is 7.45. The highest BCUT2D eigenvalue weighted by Gasteiger charge is 2.46. The minimum atomic E-state index is -0.177. The van der Waals surface area contributed by atoms with Gasteiger partial charge in [0.15, 0.2) is 0 Å². The highest BCUT2D eigenvalue weighted by Crippen LogP contribution is 2.27. The third-order valence-corrected chi connectivity index (χ3v) is 5.92. The van der Waals surface area contributed by atoms with Crippen molar-refractivity contribution in [1.29, 1.82) is 0 Å². The van der Waals surface area contributed by atoms with Crippen molar-refractivity contribution in [2.45, 2.75) is 25.3 Å². The molecular formula is C19H25ClN4O2. The number of carbonyl (C=O) groups is 2. The van der Waals surface area contributed by atoms with Crippen LogP contribution in [0.2, 0.25) is 5.02 Å². The Morgan fingerprint density at radius 1 is 1.04 bits per heavy atom. The van der Waals surface area contributed by atoms with Crippen molar-refractivity contribution in [1.82, 2.24) is 14.7 Å². The van der Waals surface area contributed by atoms with Crippen LogP contribution in [0.3, 0.4) is 0 Å². The number of hydrogen-bond acceptors (Lipinski definition) is 4. The third kappa shape index (κ3) is 3.40. The van der Waals surface area contributed by atoms with Crippen molar-refractivity contribution in [2.75, 3.05) is 50.7 Å². The van der Waals surface area contributed by atoms with Gasteiger partial charge in [-0.15, -0.1) is 0 Å². The zero-order chi connectivity index (χ0) is 18.1. The summed E-state index contributed by atoms with van der Waals surface area (Å²) in [5, 5.41) is 0.769. The van der Waals surface area contributed by atoms with Crippen LogP contribution in [0.5, 0.6) is 0 Å². The molecule has 7 heteroatoms. The summed E-state index contributed by atoms with van der Waals surface area (Å²) in [5.74, 6) is 0.0123. The van der Waals surface area contributed by atoms with Crippen molar-refractivity contribution in [3.63, 3.8) is 0 Å². The molecule has 26 heavy (non-hydrogen) atoms. The van der Waals surface area contributed by atoms with Crippen LogP contribution in [0, 0.1) is 0 Å². The Morgan fingerprint density at radius 3 is 2.58 bits per heavy atom. The first-order chi connectivity index (χ1) is 12.6. The third-order valence-electron chi connectivity index (χ3n) is 5.68. The Kier molecular flexibility index (Phi) is 5.05. The number of nitrogens with zero attached hydrogens (tertiary/aromatic N) is 4. The summed E-state index contributed by atoms with van der Waals surface area (Å²) >= 11 is 6.08. The fraction of sp³-hybridized carbons (Fsp3) is 0.579. The maximum Gasteiger partial charge on any atom is 0.327 e. The molecule has 0 spiro atoms. The summed E-state index contributed by atoms with van der Waals surface area (Å²) in [4.78, 5) is 32.6. The number of amides is 3. The standard InChI is InChI=1S/C19H25ClN4O2/c20-15-4-1-5-16(14-15)22-12-10-21(11-13-22)7-3-9-24-18(25)17-6-2-8-23(17)19(24)26/h1,4-5,14,17H,2-3,6-13H2/t17-/m0/s1. The van der Waals surface area contributed by atoms with Crippen LogP contribution in [-0.2, 0) is 4.79 Å². The average Bonchev–Trinajstić information content (AvgIpc) is 3.22. The second-order valence-corrected chi connectivity index (χ2v) is 7.72. The summed E-state index contributed by atoms with van der Waals surface area (Å²) in [7, 11) is 0. The monoisotopic (exact) mass is 376 g/mol. The molecule has 6 nitrogen and oxygen atoms in total. The van der Waals surface area contributed by atoms with E-state index < -0.39 is 0 Å². The van der Waals surface area contributed by atoms with Gasteiger partial charge >= 0.3 is 6.03 Å². The van der Waals surface area contributed by atoms with Crippen LogP contribution >= 0.6 is 11.6 Å². The molecule has 1 aromatic carbocycles. The Labute approximate surface area is 159 Å². The lowest BCUT2D eigenvalue weighted by molar-refractivity contribution is -0.128. The maximum absolute atomic E-state index is 12.3. The van der Waals surface area contributed by atoms with E-state index in [1.54, 1.807) is 4.90 Å². The van der Waals surface area contributed by atoms with E-state index in [1.165, 1.54) is 10.6 Å². The van der Waals surface area contributed by atoms with Crippen LogP contribution < -0.4 is 4.90 Å². The van der Waals surface area contributed by atoms with Gasteiger partial charge in [0.25, 0.3) is 5.91 Å². The molecule has 3 amide bonds. The molecule has 0 radical (unpaired) electrons. The van der Waals surface area contributed by atoms with E-state index in [0.717, 1.165) is 63.6 Å². The van der Waals surface area contributed by atoms with E-state index in [4.69, 9.17) is 11.6 Å². The predicted octanol–water partition coefficient (Wildman–Crippen LogP) is 2.28. The summed E-state index contributed by atoms with van der Waals surface area (Å²) < 4.78 is 0. The quantitative estimate of drug-likeness (QED) is 0.740. The molecule has 0 unspecified atom stereocenters. The smallest absolute Gasteiger partial charge is 0.327 e. The number of hydrogen-bond donors (Lipinski definition) is 0. The molecule has 3 heterocycles. The van der Waals surface area contributed by atoms with E-state index >= 15 is 0 Å². The van der Waals surface area contributed by atoms with Crippen molar-refractivity contribution < 1.29 is 9.59 Å². The molecule has 0 aliphatic carbocycles. The van der Waals surface area contributed by atoms with Crippen LogP contribution in [0.25, 0.3) is 0 Å². The SMILES string of the molecule is O=C1[C@@H]2CCCN2C(=O)N1CCCN1CCN(c2cccc(Cl)c2)CC1. The van der Waals surface area contributed by atoms with E-state index in [0.29, 0.717) is 6.54 Å². The number of imide groups is 1. The number of anilines is 1. The van der Waals surface area contributed by atoms with Gasteiger partial charge in [-0.3, -0.25) is 14.6 Å². The largest absolute Gasteiger partial charge is 0.369 e. The van der Waals surface area contributed by atoms with E-state index in [-0.39, 0.29) is 18.0 Å². The van der Waals surface area contributed by atoms with Gasteiger partial charge in [-0.2, -0.15) is 0 Å². The van der Waals surface area contributed by atoms with E-state index in [9.17, 15) is 9.59 Å². The minimum absolute atomic E-state index is 0.0123. The van der Waals surface area contributed by atoms with Gasteiger partial charge in [-0.05, 0) is 44.0 Å². The van der Waals surface area contributed by atoms with Gasteiger partial charge in [0, 0.05) is 50.0 Å². The number of fused-ring (bicyclic) bond motifs is 1. The number of rotatable bonds is 5. The van der Waals surface area contributed by atoms with Crippen LogP contribution in [0.15, 0.2) is 24.3 Å². The molecule has 1 atom stereocenters. The molecule has 3 saturated heterocycles. The van der Waals surface area contributed by atoms with Crippen molar-refractivity contribution in [2.24, 2.45) is 0 Å². The van der Waals surface area contributed by atoms with Crippen LogP contribution in [-0.4, -0.2) is 78.5 Å². The molecule has 0 N–H and O–H groups in total. The molecule has 0 aromatic heterocycles. The first kappa shape index (κ1) is 17.6. The molecule has 1 aromatic rings. The van der Waals surface area contributed by atoms with Gasteiger partial charge in [-0.1, -0.05) is 17.7 Å². The maximum atomic E-state index is 12.3. The molecule has 0 bridgehead atoms. The number of halogens is 1. The lowest BCUT2D eigenvalue weighted by atomic mass is 10.2. The Bertz CT molecular complexity index is 668. The lowest BCUT2D eigenvalue weighted by Crippen LogP contribution is -2.47. The Hall–Kier alpha value is -1.79. The fourth-order valence-electron chi connectivity index (χ4n) is 4.24. The van der Waals surface area contributed by atoms with Gasteiger partial charge in [0.1, 0.15) is 6.04 Å². The number of benzene rings is 1. The number of urea groups is 1. The van der Waals surface area contributed by atoms with Gasteiger partial charge < -0.3 is 9.80 Å². The van der Waals surface area contributed by atoms with Gasteiger partial charge in [-0.25, -0.2) is 4.79 Å². The highest BCUT2D eigenvalue weighted by atomic mass is 35.5. The molecule has 0 saturated carbocycles. The fourth-order valence-corrected chi connectivity index (χ4v) is 4.43. The molecule has 140 valence electrons. The second-order valence-electron chi connectivity index (χ2n) is 7.29. The van der Waals surface area contributed by atoms with Gasteiger partial charge in [0.2, 0.25) is 0 Å². The Balaban J connectivity index is 1.22. The first-order valence-corrected chi connectivity index (χ1v) is 9.86. The van der Waals surface area contributed by atoms with Crippen molar-refractivity contribution in [3.8, 4) is 0 Å². The van der Waals surface area contributed by atoms with E-state index in [1.807, 2.05) is 18.2 Å². The van der Waals surface area contributed by atoms with Crippen molar-refractivity contribution >= 4 is 29.2 Å². The topological polar surface area (TPSA) is 47.1 Å². The molecular weight excluding hydrogens is 352 g/mol. The van der Waals surface area contributed by atoms with Crippen molar-refractivity contribution in [3.05, 3.63) is 29.3 Å². The lowest BCUT2D eigenvalue weighted by Gasteiger charge is -2.36. The molecule has 4 rings (SSSR count). The molecule has 3 fully saturated rings. The zero-order valence-electron chi connectivity index (χ0n) is 14.9. The van der Waals surface area contributed by atoms with Crippen LogP contribution in [0.1, 0.15) is 19.3 Å². The predicted molar refractivity (Wildman–Crippen MR) is 102 cm³/mol. The van der Waals surface area contributed by atoms with Crippen LogP contribution in [0.4, 0.5) is 10.5 Å². The summed E-state index contributed by atoms with van der Waals surface area (Å²) in [5.41, 5.74) is 1.17. The summed E-state index contributed by atoms with van der Waals surface area (Å²) in [6.45, 7) is 6.11. The van der Waals surface area contributed by atoms with Gasteiger partial charge in [0.05, 0.1) is 0 Å². The highest BCUT2D eigenvalue weighted by molar-refractivity contribution is 6.30. The zero-order valence-corrected chi connectivity index (χ0v) is 15.7. The first-order valence-electron chi connectivity index (χ1n) is 9.48. The normalized spacial score (nSPS) is 23.9. The average molecular weight is 377 g/mol. The molecule has 3 aliphatic heterocycles. The van der Waals surface area contributed by atoms with E-state index in [2.05, 4.69) is 15.9 Å². The summed E-state index contributed by atoms with van der Waals surface area (Å²) in [6, 6.07) is 7.73. The number of carbonyl (C=O) groups excluding carboxylic acids is 2. The summed E-state index contributed by atoms with van der Waals surface area (Å²) in [6.07, 6.45) is 2.62. The Morgan fingerprint density at radius 2 is 1.85 bits per heavy atom. The molecule has 3 aliphatic rings. The number of piperazine rings is 1.